The first-order valence-corrected chi connectivity index (χ1v) is 8.22. The third kappa shape index (κ3) is 2.27. The fraction of sp³-hybridized carbons (Fsp3) is 0.389. The van der Waals surface area contributed by atoms with Crippen molar-refractivity contribution in [3.8, 4) is 0 Å². The van der Waals surface area contributed by atoms with Crippen LogP contribution in [-0.2, 0) is 5.54 Å². The number of hydrogen-bond acceptors (Lipinski definition) is 3. The number of benzene rings is 1. The number of aromatic nitrogens is 2. The van der Waals surface area contributed by atoms with Crippen molar-refractivity contribution in [3.63, 3.8) is 0 Å². The second kappa shape index (κ2) is 5.65. The lowest BCUT2D eigenvalue weighted by atomic mass is 9.62. The number of amides is 2. The van der Waals surface area contributed by atoms with Crippen LogP contribution in [0.25, 0.3) is 0 Å². The predicted molar refractivity (Wildman–Crippen MR) is 87.8 cm³/mol. The van der Waals surface area contributed by atoms with Gasteiger partial charge in [0.15, 0.2) is 5.82 Å². The maximum Gasteiger partial charge on any atom is 0.323 e. The highest BCUT2D eigenvalue weighted by Gasteiger charge is 2.57. The Kier molecular flexibility index (Phi) is 3.48. The fourth-order valence-corrected chi connectivity index (χ4v) is 4.17. The topological polar surface area (TPSA) is 58.1 Å². The summed E-state index contributed by atoms with van der Waals surface area (Å²) in [4.78, 5) is 14.8. The standard InChI is InChI=1S/C18H20N4O/c23-17(20-16-10-6-12-19-21-16)22-13-15-9-4-5-11-18(15,22)14-7-2-1-3-8-14/h1-3,6-8,10,12,15H,4-5,9,11,13H2,(H,20,21,23)/t15-,18+/m0/s1. The second-order valence-electron chi connectivity index (χ2n) is 6.38. The van der Waals surface area contributed by atoms with Crippen molar-refractivity contribution >= 4 is 11.8 Å². The van der Waals surface area contributed by atoms with E-state index >= 15 is 0 Å². The summed E-state index contributed by atoms with van der Waals surface area (Å²) in [5.74, 6) is 1.06. The largest absolute Gasteiger partial charge is 0.323 e. The molecule has 2 amide bonds. The van der Waals surface area contributed by atoms with E-state index in [1.807, 2.05) is 11.0 Å². The maximum absolute atomic E-state index is 12.8. The molecule has 1 saturated carbocycles. The molecule has 23 heavy (non-hydrogen) atoms. The number of carbonyl (C=O) groups is 1. The van der Waals surface area contributed by atoms with Gasteiger partial charge in [0.2, 0.25) is 0 Å². The smallest absolute Gasteiger partial charge is 0.314 e. The monoisotopic (exact) mass is 308 g/mol. The van der Waals surface area contributed by atoms with Crippen molar-refractivity contribution in [2.45, 2.75) is 31.2 Å². The van der Waals surface area contributed by atoms with E-state index in [-0.39, 0.29) is 11.6 Å². The molecule has 1 aliphatic heterocycles. The van der Waals surface area contributed by atoms with Gasteiger partial charge in [-0.2, -0.15) is 5.10 Å². The van der Waals surface area contributed by atoms with Crippen LogP contribution in [0.4, 0.5) is 10.6 Å². The van der Waals surface area contributed by atoms with Crippen LogP contribution < -0.4 is 5.32 Å². The van der Waals surface area contributed by atoms with Crippen LogP contribution in [0, 0.1) is 5.92 Å². The van der Waals surface area contributed by atoms with Gasteiger partial charge in [-0.1, -0.05) is 43.2 Å². The zero-order valence-electron chi connectivity index (χ0n) is 13.0. The van der Waals surface area contributed by atoms with Crippen molar-refractivity contribution in [1.82, 2.24) is 15.1 Å². The molecule has 0 radical (unpaired) electrons. The number of nitrogens with one attached hydrogen (secondary N) is 1. The number of hydrogen-bond donors (Lipinski definition) is 1. The Morgan fingerprint density at radius 2 is 2.04 bits per heavy atom. The lowest BCUT2D eigenvalue weighted by Gasteiger charge is -2.61. The van der Waals surface area contributed by atoms with Crippen LogP contribution in [0.3, 0.4) is 0 Å². The molecule has 2 aromatic rings. The number of urea groups is 1. The summed E-state index contributed by atoms with van der Waals surface area (Å²) < 4.78 is 0. The molecule has 5 nitrogen and oxygen atoms in total. The first-order chi connectivity index (χ1) is 11.3. The number of fused-ring (bicyclic) bond motifs is 1. The third-order valence-electron chi connectivity index (χ3n) is 5.25. The first kappa shape index (κ1) is 14.2. The Balaban J connectivity index is 1.62. The molecule has 1 aromatic heterocycles. The van der Waals surface area contributed by atoms with Crippen molar-refractivity contribution in [2.75, 3.05) is 11.9 Å². The molecule has 2 fully saturated rings. The quantitative estimate of drug-likeness (QED) is 0.925. The van der Waals surface area contributed by atoms with Gasteiger partial charge in [0.25, 0.3) is 0 Å². The van der Waals surface area contributed by atoms with Gasteiger partial charge < -0.3 is 4.90 Å². The van der Waals surface area contributed by atoms with Gasteiger partial charge in [-0.05, 0) is 30.5 Å². The zero-order chi connectivity index (χ0) is 15.7. The van der Waals surface area contributed by atoms with E-state index < -0.39 is 0 Å². The Morgan fingerprint density at radius 1 is 1.17 bits per heavy atom. The lowest BCUT2D eigenvalue weighted by Crippen LogP contribution is -2.68. The Bertz CT molecular complexity index is 691. The van der Waals surface area contributed by atoms with Gasteiger partial charge in [-0.3, -0.25) is 5.32 Å². The van der Waals surface area contributed by atoms with E-state index in [4.69, 9.17) is 0 Å². The molecule has 0 bridgehead atoms. The predicted octanol–water partition coefficient (Wildman–Crippen LogP) is 3.41. The number of rotatable bonds is 2. The van der Waals surface area contributed by atoms with Crippen LogP contribution in [0.1, 0.15) is 31.2 Å². The summed E-state index contributed by atoms with van der Waals surface area (Å²) >= 11 is 0. The summed E-state index contributed by atoms with van der Waals surface area (Å²) in [5, 5.41) is 10.6. The molecule has 0 spiro atoms. The molecule has 4 rings (SSSR count). The Labute approximate surface area is 135 Å². The molecule has 1 saturated heterocycles. The number of likely N-dealkylation sites (tertiary alicyclic amines) is 1. The number of carbonyl (C=O) groups excluding carboxylic acids is 1. The van der Waals surface area contributed by atoms with Gasteiger partial charge >= 0.3 is 6.03 Å². The second-order valence-corrected chi connectivity index (χ2v) is 6.38. The molecule has 2 heterocycles. The molecule has 1 N–H and O–H groups in total. The average molecular weight is 308 g/mol. The summed E-state index contributed by atoms with van der Waals surface area (Å²) in [5.41, 5.74) is 1.11. The lowest BCUT2D eigenvalue weighted by molar-refractivity contribution is -0.0756. The molecular formula is C18H20N4O. The Hall–Kier alpha value is -2.43. The number of nitrogens with zero attached hydrogens (tertiary/aromatic N) is 3. The average Bonchev–Trinajstić information content (AvgIpc) is 2.58. The first-order valence-electron chi connectivity index (χ1n) is 8.22. The third-order valence-corrected chi connectivity index (χ3v) is 5.25. The Morgan fingerprint density at radius 3 is 2.78 bits per heavy atom. The van der Waals surface area contributed by atoms with Crippen LogP contribution in [0.5, 0.6) is 0 Å². The highest BCUT2D eigenvalue weighted by molar-refractivity contribution is 5.89. The minimum Gasteiger partial charge on any atom is -0.314 e. The fourth-order valence-electron chi connectivity index (χ4n) is 4.17. The highest BCUT2D eigenvalue weighted by Crippen LogP contribution is 2.53. The van der Waals surface area contributed by atoms with Crippen LogP contribution in [-0.4, -0.2) is 27.7 Å². The molecule has 2 aliphatic rings. The van der Waals surface area contributed by atoms with Gasteiger partial charge in [-0.25, -0.2) is 4.79 Å². The van der Waals surface area contributed by atoms with Crippen molar-refractivity contribution in [2.24, 2.45) is 5.92 Å². The van der Waals surface area contributed by atoms with Crippen molar-refractivity contribution in [3.05, 3.63) is 54.2 Å². The van der Waals surface area contributed by atoms with Crippen molar-refractivity contribution < 1.29 is 4.79 Å². The highest BCUT2D eigenvalue weighted by atomic mass is 16.2. The summed E-state index contributed by atoms with van der Waals surface area (Å²) in [6.45, 7) is 0.820. The number of anilines is 1. The van der Waals surface area contributed by atoms with Gasteiger partial charge in [0.1, 0.15) is 0 Å². The molecule has 1 aliphatic carbocycles. The molecule has 0 unspecified atom stereocenters. The van der Waals surface area contributed by atoms with E-state index in [1.165, 1.54) is 24.8 Å². The molecular weight excluding hydrogens is 288 g/mol. The molecule has 2 atom stereocenters. The molecule has 118 valence electrons. The van der Waals surface area contributed by atoms with E-state index in [0.717, 1.165) is 13.0 Å². The minimum absolute atomic E-state index is 0.0764. The summed E-state index contributed by atoms with van der Waals surface area (Å²) in [7, 11) is 0. The van der Waals surface area contributed by atoms with E-state index in [0.29, 0.717) is 11.7 Å². The molecule has 1 aromatic carbocycles. The maximum atomic E-state index is 12.8. The van der Waals surface area contributed by atoms with E-state index in [2.05, 4.69) is 39.8 Å². The SMILES string of the molecule is O=C(Nc1cccnn1)N1C[C@@H]2CCCC[C@@]21c1ccccc1. The van der Waals surface area contributed by atoms with E-state index in [1.54, 1.807) is 18.3 Å². The van der Waals surface area contributed by atoms with Gasteiger partial charge in [-0.15, -0.1) is 5.10 Å². The summed E-state index contributed by atoms with van der Waals surface area (Å²) in [6.07, 6.45) is 6.26. The van der Waals surface area contributed by atoms with E-state index in [9.17, 15) is 4.79 Å². The van der Waals surface area contributed by atoms with Crippen LogP contribution in [0.2, 0.25) is 0 Å². The van der Waals surface area contributed by atoms with Crippen LogP contribution >= 0.6 is 0 Å². The minimum atomic E-state index is -0.147. The van der Waals surface area contributed by atoms with Gasteiger partial charge in [0.05, 0.1) is 5.54 Å². The molecule has 5 heteroatoms. The normalized spacial score (nSPS) is 26.1. The van der Waals surface area contributed by atoms with Gasteiger partial charge in [0, 0.05) is 18.7 Å². The zero-order valence-corrected chi connectivity index (χ0v) is 13.0. The summed E-state index contributed by atoms with van der Waals surface area (Å²) in [6, 6.07) is 13.9. The van der Waals surface area contributed by atoms with Crippen molar-refractivity contribution in [1.29, 1.82) is 0 Å². The van der Waals surface area contributed by atoms with Crippen LogP contribution in [0.15, 0.2) is 48.7 Å².